The fourth-order valence-electron chi connectivity index (χ4n) is 0.660. The quantitative estimate of drug-likeness (QED) is 0.684. The Bertz CT molecular complexity index is 238. The van der Waals surface area contributed by atoms with E-state index in [1.54, 1.807) is 6.26 Å². The smallest absolute Gasteiger partial charge is 0.126 e. The van der Waals surface area contributed by atoms with E-state index in [1.165, 1.54) is 0 Å². The molecule has 11 heavy (non-hydrogen) atoms. The van der Waals surface area contributed by atoms with Crippen LogP contribution < -0.4 is 4.74 Å². The molecular weight excluding hydrogens is 204 g/mol. The molecule has 0 atom stereocenters. The molecule has 0 N–H and O–H groups in total. The molecule has 2 heteroatoms. The minimum Gasteiger partial charge on any atom is -0.465 e. The monoisotopic (exact) mass is 212 g/mol. The number of benzene rings is 1. The van der Waals surface area contributed by atoms with Crippen LogP contribution in [0.5, 0.6) is 5.75 Å². The molecule has 0 bridgehead atoms. The molecule has 0 amide bonds. The average molecular weight is 213 g/mol. The van der Waals surface area contributed by atoms with Crippen molar-refractivity contribution in [2.24, 2.45) is 0 Å². The Kier molecular flexibility index (Phi) is 3.17. The first kappa shape index (κ1) is 8.34. The number of ether oxygens (including phenoxy) is 1. The van der Waals surface area contributed by atoms with Gasteiger partial charge in [0.05, 0.1) is 6.26 Å². The average Bonchev–Trinajstić information content (AvgIpc) is 2.04. The van der Waals surface area contributed by atoms with Gasteiger partial charge in [-0.25, -0.2) is 0 Å². The maximum absolute atomic E-state index is 5.21. The third kappa shape index (κ3) is 2.76. The SMILES string of the molecule is C/C=C\Oc1ccc(Br)cc1. The van der Waals surface area contributed by atoms with Gasteiger partial charge in [0.25, 0.3) is 0 Å². The highest BCUT2D eigenvalue weighted by atomic mass is 79.9. The maximum atomic E-state index is 5.21. The van der Waals surface area contributed by atoms with E-state index < -0.39 is 0 Å². The molecule has 0 heterocycles. The molecule has 0 fully saturated rings. The number of halogens is 1. The maximum Gasteiger partial charge on any atom is 0.126 e. The van der Waals surface area contributed by atoms with Gasteiger partial charge in [0.2, 0.25) is 0 Å². The molecule has 0 saturated carbocycles. The van der Waals surface area contributed by atoms with Crippen LogP contribution in [0, 0.1) is 0 Å². The van der Waals surface area contributed by atoms with Crippen molar-refractivity contribution in [1.29, 1.82) is 0 Å². The van der Waals surface area contributed by atoms with Crippen LogP contribution in [0.15, 0.2) is 41.1 Å². The number of hydrogen-bond acceptors (Lipinski definition) is 1. The fourth-order valence-corrected chi connectivity index (χ4v) is 0.924. The zero-order valence-electron chi connectivity index (χ0n) is 6.25. The van der Waals surface area contributed by atoms with Gasteiger partial charge in [-0.05, 0) is 31.2 Å². The highest BCUT2D eigenvalue weighted by Gasteiger charge is 1.88. The summed E-state index contributed by atoms with van der Waals surface area (Å²) in [5.74, 6) is 0.853. The van der Waals surface area contributed by atoms with Crippen LogP contribution in [0.2, 0.25) is 0 Å². The first-order valence-corrected chi connectivity index (χ1v) is 4.15. The van der Waals surface area contributed by atoms with E-state index in [1.807, 2.05) is 37.3 Å². The van der Waals surface area contributed by atoms with Crippen LogP contribution >= 0.6 is 15.9 Å². The van der Waals surface area contributed by atoms with Crippen LogP contribution in [0.1, 0.15) is 6.92 Å². The van der Waals surface area contributed by atoms with Gasteiger partial charge in [0, 0.05) is 4.47 Å². The zero-order valence-corrected chi connectivity index (χ0v) is 7.84. The van der Waals surface area contributed by atoms with Gasteiger partial charge in [-0.3, -0.25) is 0 Å². The molecule has 0 radical (unpaired) electrons. The standard InChI is InChI=1S/C9H9BrO/c1-2-7-11-9-5-3-8(10)4-6-9/h2-7H,1H3/b7-2-. The molecule has 0 aromatic heterocycles. The summed E-state index contributed by atoms with van der Waals surface area (Å²) >= 11 is 3.34. The second kappa shape index (κ2) is 4.19. The van der Waals surface area contributed by atoms with E-state index in [9.17, 15) is 0 Å². The third-order valence-electron chi connectivity index (χ3n) is 1.15. The molecule has 1 rings (SSSR count). The van der Waals surface area contributed by atoms with Gasteiger partial charge in [-0.2, -0.15) is 0 Å². The predicted octanol–water partition coefficient (Wildman–Crippen LogP) is 3.36. The van der Waals surface area contributed by atoms with Crippen molar-refractivity contribution in [3.63, 3.8) is 0 Å². The molecule has 0 unspecified atom stereocenters. The molecule has 0 aliphatic rings. The van der Waals surface area contributed by atoms with E-state index >= 15 is 0 Å². The first-order valence-electron chi connectivity index (χ1n) is 3.36. The lowest BCUT2D eigenvalue weighted by Crippen LogP contribution is -1.79. The lowest BCUT2D eigenvalue weighted by atomic mass is 10.3. The molecule has 58 valence electrons. The highest BCUT2D eigenvalue weighted by molar-refractivity contribution is 9.10. The highest BCUT2D eigenvalue weighted by Crippen LogP contribution is 2.15. The normalized spacial score (nSPS) is 10.4. The Morgan fingerprint density at radius 2 is 1.91 bits per heavy atom. The molecule has 0 aliphatic carbocycles. The molecule has 1 aromatic carbocycles. The Morgan fingerprint density at radius 1 is 1.27 bits per heavy atom. The van der Waals surface area contributed by atoms with Crippen LogP contribution in [0.4, 0.5) is 0 Å². The minimum atomic E-state index is 0.853. The first-order chi connectivity index (χ1) is 5.33. The number of rotatable bonds is 2. The summed E-state index contributed by atoms with van der Waals surface area (Å²) in [6.07, 6.45) is 3.51. The third-order valence-corrected chi connectivity index (χ3v) is 1.68. The molecule has 0 aliphatic heterocycles. The van der Waals surface area contributed by atoms with Gasteiger partial charge in [0.15, 0.2) is 0 Å². The summed E-state index contributed by atoms with van der Waals surface area (Å²) < 4.78 is 6.27. The fraction of sp³-hybridized carbons (Fsp3) is 0.111. The topological polar surface area (TPSA) is 9.23 Å². The summed E-state index contributed by atoms with van der Waals surface area (Å²) in [4.78, 5) is 0. The van der Waals surface area contributed by atoms with Crippen LogP contribution in [-0.2, 0) is 0 Å². The molecule has 1 aromatic rings. The van der Waals surface area contributed by atoms with Crippen LogP contribution in [-0.4, -0.2) is 0 Å². The minimum absolute atomic E-state index is 0.853. The zero-order chi connectivity index (χ0) is 8.10. The van der Waals surface area contributed by atoms with Crippen molar-refractivity contribution in [3.8, 4) is 5.75 Å². The van der Waals surface area contributed by atoms with Crippen molar-refractivity contribution in [3.05, 3.63) is 41.1 Å². The Morgan fingerprint density at radius 3 is 2.45 bits per heavy atom. The second-order valence-electron chi connectivity index (χ2n) is 2.04. The molecular formula is C9H9BrO. The predicted molar refractivity (Wildman–Crippen MR) is 49.6 cm³/mol. The van der Waals surface area contributed by atoms with E-state index in [0.717, 1.165) is 10.2 Å². The largest absolute Gasteiger partial charge is 0.465 e. The van der Waals surface area contributed by atoms with Gasteiger partial charge in [-0.15, -0.1) is 0 Å². The van der Waals surface area contributed by atoms with E-state index in [0.29, 0.717) is 0 Å². The van der Waals surface area contributed by atoms with Gasteiger partial charge in [0.1, 0.15) is 5.75 Å². The lowest BCUT2D eigenvalue weighted by Gasteiger charge is -1.97. The van der Waals surface area contributed by atoms with Crippen LogP contribution in [0.25, 0.3) is 0 Å². The molecule has 0 spiro atoms. The Hall–Kier alpha value is -0.760. The van der Waals surface area contributed by atoms with E-state index in [-0.39, 0.29) is 0 Å². The van der Waals surface area contributed by atoms with Gasteiger partial charge >= 0.3 is 0 Å². The van der Waals surface area contributed by atoms with Crippen molar-refractivity contribution in [2.75, 3.05) is 0 Å². The number of allylic oxidation sites excluding steroid dienone is 1. The van der Waals surface area contributed by atoms with Crippen LogP contribution in [0.3, 0.4) is 0 Å². The van der Waals surface area contributed by atoms with Gasteiger partial charge in [-0.1, -0.05) is 22.0 Å². The summed E-state index contributed by atoms with van der Waals surface area (Å²) in [5, 5.41) is 0. The van der Waals surface area contributed by atoms with E-state index in [2.05, 4.69) is 15.9 Å². The van der Waals surface area contributed by atoms with Crippen molar-refractivity contribution < 1.29 is 4.74 Å². The summed E-state index contributed by atoms with van der Waals surface area (Å²) in [5.41, 5.74) is 0. The molecule has 0 saturated heterocycles. The number of hydrogen-bond donors (Lipinski definition) is 0. The van der Waals surface area contributed by atoms with Gasteiger partial charge < -0.3 is 4.74 Å². The van der Waals surface area contributed by atoms with Crippen molar-refractivity contribution in [2.45, 2.75) is 6.92 Å². The van der Waals surface area contributed by atoms with Crippen molar-refractivity contribution >= 4 is 15.9 Å². The van der Waals surface area contributed by atoms with E-state index in [4.69, 9.17) is 4.74 Å². The Balaban J connectivity index is 2.66. The summed E-state index contributed by atoms with van der Waals surface area (Å²) in [7, 11) is 0. The van der Waals surface area contributed by atoms with Crippen molar-refractivity contribution in [1.82, 2.24) is 0 Å². The lowest BCUT2D eigenvalue weighted by molar-refractivity contribution is 0.480. The summed E-state index contributed by atoms with van der Waals surface area (Å²) in [6, 6.07) is 7.70. The molecule has 1 nitrogen and oxygen atoms in total. The Labute approximate surface area is 74.8 Å². The summed E-state index contributed by atoms with van der Waals surface area (Å²) in [6.45, 7) is 1.92. The second-order valence-corrected chi connectivity index (χ2v) is 2.96.